The summed E-state index contributed by atoms with van der Waals surface area (Å²) in [5.74, 6) is -0.976. The van der Waals surface area contributed by atoms with Crippen LogP contribution in [0.3, 0.4) is 0 Å². The fourth-order valence-corrected chi connectivity index (χ4v) is 10.00. The molecule has 462 valence electrons. The minimum Gasteiger partial charge on any atom is -0.462 e. The molecule has 0 N–H and O–H groups in total. The van der Waals surface area contributed by atoms with Crippen LogP contribution in [0.2, 0.25) is 0 Å². The number of esters is 3. The first kappa shape index (κ1) is 76.6. The van der Waals surface area contributed by atoms with E-state index in [2.05, 4.69) is 99.8 Å². The molecule has 0 heterocycles. The van der Waals surface area contributed by atoms with Gasteiger partial charge in [0.25, 0.3) is 0 Å². The smallest absolute Gasteiger partial charge is 0.306 e. The number of carbonyl (C=O) groups excluding carboxylic acids is 3. The fraction of sp³-hybridized carbons (Fsp3) is 0.770. The molecule has 0 aliphatic carbocycles. The second-order valence-corrected chi connectivity index (χ2v) is 23.1. The largest absolute Gasteiger partial charge is 0.462 e. The van der Waals surface area contributed by atoms with E-state index in [0.717, 1.165) is 83.5 Å². The highest BCUT2D eigenvalue weighted by Crippen LogP contribution is 2.18. The molecule has 0 rings (SSSR count). The zero-order valence-corrected chi connectivity index (χ0v) is 53.1. The van der Waals surface area contributed by atoms with E-state index >= 15 is 0 Å². The number of unbranched alkanes of at least 4 members (excludes halogenated alkanes) is 38. The summed E-state index contributed by atoms with van der Waals surface area (Å²) in [6, 6.07) is 0. The number of carbonyl (C=O) groups is 3. The normalized spacial score (nSPS) is 12.6. The van der Waals surface area contributed by atoms with Gasteiger partial charge in [0.1, 0.15) is 13.2 Å². The summed E-state index contributed by atoms with van der Waals surface area (Å²) in [7, 11) is 0. The molecule has 6 nitrogen and oxygen atoms in total. The highest BCUT2D eigenvalue weighted by atomic mass is 16.6. The topological polar surface area (TPSA) is 78.9 Å². The number of allylic oxidation sites excluding steroid dienone is 14. The summed E-state index contributed by atoms with van der Waals surface area (Å²) in [6.45, 7) is 6.49. The molecule has 0 aliphatic heterocycles. The fourth-order valence-electron chi connectivity index (χ4n) is 10.00. The number of hydrogen-bond donors (Lipinski definition) is 0. The van der Waals surface area contributed by atoms with Crippen LogP contribution in [0.25, 0.3) is 0 Å². The van der Waals surface area contributed by atoms with Crippen molar-refractivity contribution in [1.82, 2.24) is 0 Å². The molecule has 0 bridgehead atoms. The molecule has 0 radical (unpaired) electrons. The Morgan fingerprint density at radius 1 is 0.263 bits per heavy atom. The predicted molar refractivity (Wildman–Crippen MR) is 348 cm³/mol. The lowest BCUT2D eigenvalue weighted by molar-refractivity contribution is -0.166. The predicted octanol–water partition coefficient (Wildman–Crippen LogP) is 23.8. The molecular formula is C74H130O6. The Hall–Kier alpha value is -3.41. The lowest BCUT2D eigenvalue weighted by Gasteiger charge is -2.18. The van der Waals surface area contributed by atoms with Crippen LogP contribution in [0.4, 0.5) is 0 Å². The maximum absolute atomic E-state index is 12.9. The molecule has 0 aromatic heterocycles. The van der Waals surface area contributed by atoms with Gasteiger partial charge in [0, 0.05) is 19.3 Å². The van der Waals surface area contributed by atoms with Crippen LogP contribution in [0.5, 0.6) is 0 Å². The second kappa shape index (κ2) is 68.1. The van der Waals surface area contributed by atoms with Gasteiger partial charge in [-0.2, -0.15) is 0 Å². The van der Waals surface area contributed by atoms with Gasteiger partial charge in [0.15, 0.2) is 6.10 Å². The van der Waals surface area contributed by atoms with Crippen LogP contribution in [0.1, 0.15) is 348 Å². The molecule has 1 atom stereocenters. The Kier molecular flexibility index (Phi) is 65.2. The van der Waals surface area contributed by atoms with Gasteiger partial charge in [0.2, 0.25) is 0 Å². The van der Waals surface area contributed by atoms with E-state index in [9.17, 15) is 14.4 Å². The first-order chi connectivity index (χ1) is 39.5. The van der Waals surface area contributed by atoms with Crippen molar-refractivity contribution in [2.24, 2.45) is 0 Å². The third-order valence-corrected chi connectivity index (χ3v) is 15.1. The summed E-state index contributed by atoms with van der Waals surface area (Å²) < 4.78 is 16.9. The van der Waals surface area contributed by atoms with Crippen molar-refractivity contribution >= 4 is 17.9 Å². The average molecular weight is 1120 g/mol. The van der Waals surface area contributed by atoms with Crippen molar-refractivity contribution in [3.63, 3.8) is 0 Å². The summed E-state index contributed by atoms with van der Waals surface area (Å²) >= 11 is 0. The number of rotatable bonds is 63. The first-order valence-corrected chi connectivity index (χ1v) is 34.6. The van der Waals surface area contributed by atoms with Crippen molar-refractivity contribution in [2.45, 2.75) is 354 Å². The second-order valence-electron chi connectivity index (χ2n) is 23.1. The highest BCUT2D eigenvalue weighted by molar-refractivity contribution is 5.71. The van der Waals surface area contributed by atoms with Crippen LogP contribution < -0.4 is 0 Å². The van der Waals surface area contributed by atoms with Crippen molar-refractivity contribution in [3.05, 3.63) is 85.1 Å². The van der Waals surface area contributed by atoms with Crippen LogP contribution in [0, 0.1) is 0 Å². The molecule has 0 aliphatic rings. The van der Waals surface area contributed by atoms with Gasteiger partial charge in [-0.15, -0.1) is 0 Å². The Morgan fingerprint density at radius 2 is 0.512 bits per heavy atom. The van der Waals surface area contributed by atoms with Gasteiger partial charge >= 0.3 is 17.9 Å². The molecule has 0 amide bonds. The van der Waals surface area contributed by atoms with Crippen molar-refractivity contribution < 1.29 is 28.6 Å². The van der Waals surface area contributed by atoms with Gasteiger partial charge in [-0.1, -0.05) is 331 Å². The van der Waals surface area contributed by atoms with Crippen molar-refractivity contribution in [3.8, 4) is 0 Å². The van der Waals surface area contributed by atoms with E-state index in [1.807, 2.05) is 6.08 Å². The van der Waals surface area contributed by atoms with E-state index in [0.29, 0.717) is 19.3 Å². The lowest BCUT2D eigenvalue weighted by atomic mass is 10.0. The third-order valence-electron chi connectivity index (χ3n) is 15.1. The van der Waals surface area contributed by atoms with Crippen LogP contribution in [0.15, 0.2) is 85.1 Å². The van der Waals surface area contributed by atoms with Gasteiger partial charge < -0.3 is 14.2 Å². The minimum absolute atomic E-state index is 0.0990. The molecule has 0 aromatic rings. The average Bonchev–Trinajstić information content (AvgIpc) is 3.46. The molecular weight excluding hydrogens is 985 g/mol. The molecule has 1 unspecified atom stereocenters. The quantitative estimate of drug-likeness (QED) is 0.0261. The van der Waals surface area contributed by atoms with E-state index in [1.165, 1.54) is 218 Å². The molecule has 0 saturated heterocycles. The zero-order valence-electron chi connectivity index (χ0n) is 53.1. The minimum atomic E-state index is -0.810. The van der Waals surface area contributed by atoms with E-state index in [-0.39, 0.29) is 37.5 Å². The van der Waals surface area contributed by atoms with Gasteiger partial charge in [0.05, 0.1) is 0 Å². The van der Waals surface area contributed by atoms with Crippen LogP contribution in [-0.4, -0.2) is 37.2 Å². The monoisotopic (exact) mass is 1110 g/mol. The summed E-state index contributed by atoms with van der Waals surface area (Å²) in [4.78, 5) is 38.3. The molecule has 0 spiro atoms. The van der Waals surface area contributed by atoms with E-state index in [4.69, 9.17) is 14.2 Å². The van der Waals surface area contributed by atoms with Crippen molar-refractivity contribution in [2.75, 3.05) is 13.2 Å². The Morgan fingerprint density at radius 3 is 0.838 bits per heavy atom. The van der Waals surface area contributed by atoms with Crippen LogP contribution in [-0.2, 0) is 28.6 Å². The van der Waals surface area contributed by atoms with Crippen molar-refractivity contribution in [1.29, 1.82) is 0 Å². The van der Waals surface area contributed by atoms with Crippen LogP contribution >= 0.6 is 0 Å². The number of hydrogen-bond acceptors (Lipinski definition) is 6. The van der Waals surface area contributed by atoms with E-state index in [1.54, 1.807) is 0 Å². The lowest BCUT2D eigenvalue weighted by Crippen LogP contribution is -2.30. The Labute approximate surface area is 496 Å². The van der Waals surface area contributed by atoms with E-state index < -0.39 is 6.10 Å². The summed E-state index contributed by atoms with van der Waals surface area (Å²) in [6.07, 6.45) is 90.6. The first-order valence-electron chi connectivity index (χ1n) is 34.6. The highest BCUT2D eigenvalue weighted by Gasteiger charge is 2.19. The summed E-state index contributed by atoms with van der Waals surface area (Å²) in [5, 5.41) is 0. The SMILES string of the molecule is CC/C=C\C/C=C\C/C=C\C/C=C\CCC(=O)OCC(COC(=O)CCCCCCCCCCCCCCCCCCCCCCCCCCCC)OC(=O)CCCCCCCCCC/C=C\C/C=C\C/C=C\CCCCCCC. The Balaban J connectivity index is 4.30. The molecule has 0 saturated carbocycles. The maximum Gasteiger partial charge on any atom is 0.306 e. The number of ether oxygens (including phenoxy) is 3. The molecule has 6 heteroatoms. The summed E-state index contributed by atoms with van der Waals surface area (Å²) in [5.41, 5.74) is 0. The standard InChI is InChI=1S/C74H130O6/c1-4-7-10-13-16-19-22-25-27-29-31-33-35-36-37-39-40-42-44-46-49-52-55-58-61-64-67-73(76)79-70-71(69-78-72(75)66-63-60-57-54-51-48-24-21-18-15-12-9-6-3)80-74(77)68-65-62-59-56-53-50-47-45-43-41-38-34-32-30-28-26-23-20-17-14-11-8-5-2/h9,12,18,21,23,26,30,32,38,41,48,51,57,60,71H,4-8,10-11,13-17,19-20,22,24-25,27-29,31,33-37,39-40,42-47,49-50,52-56,58-59,61-70H2,1-3H3/b12-9-,21-18-,26-23-,32-30-,41-38-,51-48-,60-57-. The molecule has 0 fully saturated rings. The molecule has 80 heavy (non-hydrogen) atoms. The van der Waals surface area contributed by atoms with Gasteiger partial charge in [-0.05, 0) is 83.5 Å². The maximum atomic E-state index is 12.9. The zero-order chi connectivity index (χ0) is 57.8. The van der Waals surface area contributed by atoms with Gasteiger partial charge in [-0.25, -0.2) is 0 Å². The van der Waals surface area contributed by atoms with Gasteiger partial charge in [-0.3, -0.25) is 14.4 Å². The third kappa shape index (κ3) is 65.4. The Bertz CT molecular complexity index is 1520. The molecule has 0 aromatic carbocycles.